The fourth-order valence-electron chi connectivity index (χ4n) is 6.62. The summed E-state index contributed by atoms with van der Waals surface area (Å²) < 4.78 is 33.8. The Balaban J connectivity index is 1.30. The first kappa shape index (κ1) is 47.0. The Kier molecular flexibility index (Phi) is 26.1. The highest BCUT2D eigenvalue weighted by molar-refractivity contribution is 5.81. The van der Waals surface area contributed by atoms with Gasteiger partial charge < -0.3 is 33.3 Å². The fourth-order valence-corrected chi connectivity index (χ4v) is 6.62. The van der Waals surface area contributed by atoms with E-state index in [0.29, 0.717) is 30.4 Å². The van der Waals surface area contributed by atoms with E-state index in [1.165, 1.54) is 104 Å². The highest BCUT2D eigenvalue weighted by Crippen LogP contribution is 2.30. The average Bonchev–Trinajstić information content (AvgIpc) is 3.24. The number of hydrogen-bond donors (Lipinski definition) is 0. The lowest BCUT2D eigenvalue weighted by Gasteiger charge is -2.23. The molecule has 0 amide bonds. The van der Waals surface area contributed by atoms with Gasteiger partial charge in [-0.2, -0.15) is 0 Å². The molecule has 0 atom stereocenters. The van der Waals surface area contributed by atoms with Crippen LogP contribution in [0.4, 0.5) is 5.69 Å². The number of para-hydroxylation sites is 2. The molecule has 0 aliphatic carbocycles. The lowest BCUT2D eigenvalue weighted by Crippen LogP contribution is -2.35. The third-order valence-corrected chi connectivity index (χ3v) is 9.96. The van der Waals surface area contributed by atoms with Gasteiger partial charge in [0.1, 0.15) is 36.1 Å². The molecule has 0 bridgehead atoms. The van der Waals surface area contributed by atoms with Crippen LogP contribution in [0.25, 0.3) is 0 Å². The van der Waals surface area contributed by atoms with Gasteiger partial charge in [-0.05, 0) is 49.9 Å². The molecule has 0 radical (unpaired) electrons. The summed E-state index contributed by atoms with van der Waals surface area (Å²) in [6.45, 7) is 2.56. The van der Waals surface area contributed by atoms with Crippen molar-refractivity contribution in [2.24, 2.45) is 0 Å². The van der Waals surface area contributed by atoms with Crippen molar-refractivity contribution in [3.05, 3.63) is 78.9 Å². The molecule has 0 aromatic heterocycles. The van der Waals surface area contributed by atoms with E-state index in [2.05, 4.69) is 0 Å². The van der Waals surface area contributed by atoms with E-state index in [1.807, 2.05) is 78.9 Å². The van der Waals surface area contributed by atoms with Gasteiger partial charge in [0, 0.05) is 23.9 Å². The topological polar surface area (TPSA) is 92.8 Å². The summed E-state index contributed by atoms with van der Waals surface area (Å²) in [6, 6.07) is 25.7. The minimum atomic E-state index is -0.449. The van der Waals surface area contributed by atoms with Crippen LogP contribution in [0.1, 0.15) is 128 Å². The van der Waals surface area contributed by atoms with Crippen molar-refractivity contribution >= 4 is 17.6 Å². The molecule has 0 fully saturated rings. The summed E-state index contributed by atoms with van der Waals surface area (Å²) in [6.07, 6.45) is 23.9. The number of unbranched alkanes of at least 4 members (excludes halogenated alkanes) is 18. The molecule has 316 valence electrons. The first-order chi connectivity index (χ1) is 28.1. The lowest BCUT2D eigenvalue weighted by molar-refractivity contribution is -0.140. The number of carbonyl (C=O) groups is 2. The summed E-state index contributed by atoms with van der Waals surface area (Å²) in [5, 5.41) is 0. The molecule has 0 saturated heterocycles. The van der Waals surface area contributed by atoms with E-state index >= 15 is 0 Å². The van der Waals surface area contributed by atoms with Gasteiger partial charge in [-0.1, -0.05) is 139 Å². The first-order valence-corrected chi connectivity index (χ1v) is 21.7. The van der Waals surface area contributed by atoms with Gasteiger partial charge in [0.05, 0.1) is 40.6 Å². The van der Waals surface area contributed by atoms with Gasteiger partial charge in [-0.25, -0.2) is 0 Å². The molecule has 9 heteroatoms. The van der Waals surface area contributed by atoms with Crippen molar-refractivity contribution in [3.8, 4) is 23.0 Å². The first-order valence-electron chi connectivity index (χ1n) is 21.7. The van der Waals surface area contributed by atoms with Crippen LogP contribution in [-0.2, 0) is 19.1 Å². The molecule has 57 heavy (non-hydrogen) atoms. The van der Waals surface area contributed by atoms with Crippen molar-refractivity contribution in [2.45, 2.75) is 128 Å². The molecule has 0 aliphatic heterocycles. The van der Waals surface area contributed by atoms with Gasteiger partial charge in [0.15, 0.2) is 0 Å². The van der Waals surface area contributed by atoms with Gasteiger partial charge >= 0.3 is 11.9 Å². The molecule has 0 unspecified atom stereocenters. The van der Waals surface area contributed by atoms with Crippen LogP contribution in [0.15, 0.2) is 78.9 Å². The summed E-state index contributed by atoms with van der Waals surface area (Å²) in [4.78, 5) is 26.1. The molecular formula is C48H71NO8. The molecule has 0 heterocycles. The third-order valence-electron chi connectivity index (χ3n) is 9.96. The maximum absolute atomic E-state index is 12.3. The van der Waals surface area contributed by atoms with E-state index in [-0.39, 0.29) is 13.1 Å². The Labute approximate surface area is 343 Å². The Bertz CT molecular complexity index is 1330. The average molecular weight is 790 g/mol. The number of rotatable bonds is 35. The molecule has 3 rings (SSSR count). The van der Waals surface area contributed by atoms with E-state index in [9.17, 15) is 9.59 Å². The Hall–Kier alpha value is -4.40. The van der Waals surface area contributed by atoms with Crippen LogP contribution in [0.5, 0.6) is 23.0 Å². The number of ether oxygens (including phenoxy) is 6. The maximum Gasteiger partial charge on any atom is 0.325 e. The lowest BCUT2D eigenvalue weighted by atomic mass is 10.1. The summed E-state index contributed by atoms with van der Waals surface area (Å²) in [7, 11) is 2.67. The summed E-state index contributed by atoms with van der Waals surface area (Å²) >= 11 is 0. The van der Waals surface area contributed by atoms with E-state index in [1.54, 1.807) is 4.90 Å². The van der Waals surface area contributed by atoms with Gasteiger partial charge in [-0.3, -0.25) is 9.59 Å². The van der Waals surface area contributed by atoms with E-state index < -0.39 is 11.9 Å². The smallest absolute Gasteiger partial charge is 0.325 e. The second-order valence-electron chi connectivity index (χ2n) is 14.8. The number of nitrogens with zero attached hydrogens (tertiary/aromatic N) is 1. The van der Waals surface area contributed by atoms with E-state index in [0.717, 1.165) is 63.2 Å². The zero-order chi connectivity index (χ0) is 40.4. The second kappa shape index (κ2) is 31.7. The molecule has 0 saturated carbocycles. The number of methoxy groups -OCH3 is 2. The summed E-state index contributed by atoms with van der Waals surface area (Å²) in [5.41, 5.74) is 0.644. The largest absolute Gasteiger partial charge is 0.494 e. The Morgan fingerprint density at radius 1 is 0.386 bits per heavy atom. The Morgan fingerprint density at radius 3 is 0.965 bits per heavy atom. The van der Waals surface area contributed by atoms with Crippen molar-refractivity contribution in [2.75, 3.05) is 58.6 Å². The monoisotopic (exact) mass is 790 g/mol. The molecule has 3 aromatic carbocycles. The van der Waals surface area contributed by atoms with Gasteiger partial charge in [0.2, 0.25) is 0 Å². The third kappa shape index (κ3) is 23.4. The van der Waals surface area contributed by atoms with Gasteiger partial charge in [-0.15, -0.1) is 0 Å². The van der Waals surface area contributed by atoms with Crippen molar-refractivity contribution in [3.63, 3.8) is 0 Å². The molecular weight excluding hydrogens is 719 g/mol. The van der Waals surface area contributed by atoms with Crippen LogP contribution in [-0.4, -0.2) is 65.7 Å². The molecule has 0 spiro atoms. The standard InChI is InChI=1S/C48H71NO8/c1-52-47(50)40-49(41-48(51)53-2)42-37-45(56-35-27-17-13-9-5-3-7-11-15-25-33-54-43-29-21-19-22-30-43)39-46(38-42)57-36-28-18-14-10-6-4-8-12-16-26-34-55-44-31-23-20-24-32-44/h19-24,29-32,37-39H,3-18,25-28,33-36,40-41H2,1-2H3. The number of benzene rings is 3. The highest BCUT2D eigenvalue weighted by Gasteiger charge is 2.18. The second-order valence-corrected chi connectivity index (χ2v) is 14.8. The zero-order valence-electron chi connectivity index (χ0n) is 35.1. The minimum Gasteiger partial charge on any atom is -0.494 e. The Morgan fingerprint density at radius 2 is 0.667 bits per heavy atom. The van der Waals surface area contributed by atoms with Crippen LogP contribution in [0.3, 0.4) is 0 Å². The number of carbonyl (C=O) groups excluding carboxylic acids is 2. The predicted molar refractivity (Wildman–Crippen MR) is 230 cm³/mol. The molecule has 9 nitrogen and oxygen atoms in total. The number of hydrogen-bond acceptors (Lipinski definition) is 9. The predicted octanol–water partition coefficient (Wildman–Crippen LogP) is 11.6. The van der Waals surface area contributed by atoms with Crippen LogP contribution in [0.2, 0.25) is 0 Å². The number of anilines is 1. The SMILES string of the molecule is COC(=O)CN(CC(=O)OC)c1cc(OCCCCCCCCCCCCOc2ccccc2)cc(OCCCCCCCCCCCCOc2ccccc2)c1. The quantitative estimate of drug-likeness (QED) is 0.0426. The van der Waals surface area contributed by atoms with Crippen molar-refractivity contribution < 1.29 is 38.0 Å². The van der Waals surface area contributed by atoms with Crippen molar-refractivity contribution in [1.29, 1.82) is 0 Å². The van der Waals surface area contributed by atoms with Crippen LogP contribution < -0.4 is 23.8 Å². The van der Waals surface area contributed by atoms with E-state index in [4.69, 9.17) is 28.4 Å². The normalized spacial score (nSPS) is 10.8. The molecule has 0 aliphatic rings. The summed E-state index contributed by atoms with van der Waals surface area (Å²) in [5.74, 6) is 2.31. The molecule has 0 N–H and O–H groups in total. The fraction of sp³-hybridized carbons (Fsp3) is 0.583. The van der Waals surface area contributed by atoms with Gasteiger partial charge in [0.25, 0.3) is 0 Å². The maximum atomic E-state index is 12.3. The molecule has 3 aromatic rings. The zero-order valence-corrected chi connectivity index (χ0v) is 35.1. The van der Waals surface area contributed by atoms with Crippen LogP contribution in [0, 0.1) is 0 Å². The highest BCUT2D eigenvalue weighted by atomic mass is 16.5. The van der Waals surface area contributed by atoms with Crippen LogP contribution >= 0.6 is 0 Å². The number of esters is 2. The van der Waals surface area contributed by atoms with Crippen molar-refractivity contribution in [1.82, 2.24) is 0 Å². The minimum absolute atomic E-state index is 0.0974.